The Bertz CT molecular complexity index is 245. The van der Waals surface area contributed by atoms with E-state index in [1.54, 1.807) is 11.3 Å². The maximum Gasteiger partial charge on any atom is 0.117 e. The molecule has 0 amide bonds. The van der Waals surface area contributed by atoms with Crippen LogP contribution in [0.5, 0.6) is 0 Å². The van der Waals surface area contributed by atoms with E-state index < -0.39 is 0 Å². The Labute approximate surface area is 83.6 Å². The molecule has 0 aromatic carbocycles. The Morgan fingerprint density at radius 3 is 2.69 bits per heavy atom. The van der Waals surface area contributed by atoms with Crippen LogP contribution in [0, 0.1) is 6.92 Å². The molecule has 0 bridgehead atoms. The summed E-state index contributed by atoms with van der Waals surface area (Å²) in [6.45, 7) is 7.38. The fourth-order valence-corrected chi connectivity index (χ4v) is 1.82. The lowest BCUT2D eigenvalue weighted by Gasteiger charge is -2.05. The molecule has 0 fully saturated rings. The molecule has 0 aliphatic heterocycles. The standard InChI is InChI=1S/C9H17N3S/c1-7(2)10-6-4-5-9-12-11-8(3)13-9/h7,10H,4-6H2,1-3H3. The van der Waals surface area contributed by atoms with Crippen molar-refractivity contribution in [3.8, 4) is 0 Å². The number of nitrogens with zero attached hydrogens (tertiary/aromatic N) is 2. The molecule has 1 aromatic heterocycles. The summed E-state index contributed by atoms with van der Waals surface area (Å²) < 4.78 is 0. The fourth-order valence-electron chi connectivity index (χ4n) is 1.07. The Kier molecular flexibility index (Phi) is 4.32. The lowest BCUT2D eigenvalue weighted by atomic mass is 10.3. The summed E-state index contributed by atoms with van der Waals surface area (Å²) in [6, 6.07) is 0.580. The predicted octanol–water partition coefficient (Wildman–Crippen LogP) is 1.78. The summed E-state index contributed by atoms with van der Waals surface area (Å²) in [4.78, 5) is 0. The number of aryl methyl sites for hydroxylation is 2. The molecule has 3 nitrogen and oxygen atoms in total. The molecule has 1 N–H and O–H groups in total. The summed E-state index contributed by atoms with van der Waals surface area (Å²) in [7, 11) is 0. The minimum Gasteiger partial charge on any atom is -0.315 e. The largest absolute Gasteiger partial charge is 0.315 e. The third-order valence-electron chi connectivity index (χ3n) is 1.69. The van der Waals surface area contributed by atoms with Gasteiger partial charge < -0.3 is 5.32 Å². The normalized spacial score (nSPS) is 11.1. The van der Waals surface area contributed by atoms with Crippen LogP contribution in [-0.2, 0) is 6.42 Å². The predicted molar refractivity (Wildman–Crippen MR) is 56.1 cm³/mol. The van der Waals surface area contributed by atoms with E-state index in [2.05, 4.69) is 29.4 Å². The molecule has 0 unspecified atom stereocenters. The highest BCUT2D eigenvalue weighted by molar-refractivity contribution is 7.11. The molecule has 0 aliphatic carbocycles. The van der Waals surface area contributed by atoms with E-state index >= 15 is 0 Å². The molecule has 0 saturated carbocycles. The van der Waals surface area contributed by atoms with Gasteiger partial charge in [0.2, 0.25) is 0 Å². The summed E-state index contributed by atoms with van der Waals surface area (Å²) >= 11 is 1.70. The van der Waals surface area contributed by atoms with E-state index in [1.807, 2.05) is 6.92 Å². The van der Waals surface area contributed by atoms with E-state index in [9.17, 15) is 0 Å². The number of hydrogen-bond donors (Lipinski definition) is 1. The molecule has 13 heavy (non-hydrogen) atoms. The lowest BCUT2D eigenvalue weighted by molar-refractivity contribution is 0.569. The summed E-state index contributed by atoms with van der Waals surface area (Å²) in [6.07, 6.45) is 2.19. The van der Waals surface area contributed by atoms with Gasteiger partial charge in [-0.3, -0.25) is 0 Å². The zero-order chi connectivity index (χ0) is 9.68. The molecule has 1 aromatic rings. The Morgan fingerprint density at radius 2 is 2.15 bits per heavy atom. The first-order valence-corrected chi connectivity index (χ1v) is 5.52. The monoisotopic (exact) mass is 199 g/mol. The van der Waals surface area contributed by atoms with Crippen molar-refractivity contribution >= 4 is 11.3 Å². The molecule has 0 radical (unpaired) electrons. The van der Waals surface area contributed by atoms with Gasteiger partial charge in [-0.1, -0.05) is 13.8 Å². The lowest BCUT2D eigenvalue weighted by Crippen LogP contribution is -2.23. The van der Waals surface area contributed by atoms with E-state index in [4.69, 9.17) is 0 Å². The molecule has 1 heterocycles. The SMILES string of the molecule is Cc1nnc(CCCNC(C)C)s1. The zero-order valence-corrected chi connectivity index (χ0v) is 9.32. The summed E-state index contributed by atoms with van der Waals surface area (Å²) in [5.41, 5.74) is 0. The minimum absolute atomic E-state index is 0.580. The fraction of sp³-hybridized carbons (Fsp3) is 0.778. The first-order chi connectivity index (χ1) is 6.18. The van der Waals surface area contributed by atoms with Gasteiger partial charge in [0.15, 0.2) is 0 Å². The van der Waals surface area contributed by atoms with Gasteiger partial charge in [-0.2, -0.15) is 0 Å². The van der Waals surface area contributed by atoms with Crippen LogP contribution in [-0.4, -0.2) is 22.8 Å². The van der Waals surface area contributed by atoms with E-state index in [1.165, 1.54) is 0 Å². The average molecular weight is 199 g/mol. The second kappa shape index (κ2) is 5.29. The first kappa shape index (κ1) is 10.6. The van der Waals surface area contributed by atoms with Crippen molar-refractivity contribution in [2.45, 2.75) is 39.7 Å². The van der Waals surface area contributed by atoms with Crippen molar-refractivity contribution in [1.29, 1.82) is 0 Å². The zero-order valence-electron chi connectivity index (χ0n) is 8.50. The van der Waals surface area contributed by atoms with Crippen molar-refractivity contribution in [2.24, 2.45) is 0 Å². The summed E-state index contributed by atoms with van der Waals surface area (Å²) in [5, 5.41) is 13.6. The maximum absolute atomic E-state index is 4.07. The highest BCUT2D eigenvalue weighted by Crippen LogP contribution is 2.09. The second-order valence-electron chi connectivity index (χ2n) is 3.43. The topological polar surface area (TPSA) is 37.8 Å². The molecular formula is C9H17N3S. The van der Waals surface area contributed by atoms with Gasteiger partial charge in [0.25, 0.3) is 0 Å². The van der Waals surface area contributed by atoms with E-state index in [-0.39, 0.29) is 0 Å². The summed E-state index contributed by atoms with van der Waals surface area (Å²) in [5.74, 6) is 0. The van der Waals surface area contributed by atoms with Gasteiger partial charge >= 0.3 is 0 Å². The number of aromatic nitrogens is 2. The van der Waals surface area contributed by atoms with Crippen molar-refractivity contribution in [3.05, 3.63) is 10.0 Å². The van der Waals surface area contributed by atoms with E-state index in [0.717, 1.165) is 29.4 Å². The van der Waals surface area contributed by atoms with Crippen molar-refractivity contribution in [1.82, 2.24) is 15.5 Å². The maximum atomic E-state index is 4.07. The quantitative estimate of drug-likeness (QED) is 0.735. The number of nitrogens with one attached hydrogen (secondary N) is 1. The van der Waals surface area contributed by atoms with E-state index in [0.29, 0.717) is 6.04 Å². The smallest absolute Gasteiger partial charge is 0.117 e. The van der Waals surface area contributed by atoms with Crippen LogP contribution in [0.3, 0.4) is 0 Å². The minimum atomic E-state index is 0.580. The molecule has 1 rings (SSSR count). The van der Waals surface area contributed by atoms with Crippen molar-refractivity contribution in [2.75, 3.05) is 6.54 Å². The number of rotatable bonds is 5. The van der Waals surface area contributed by atoms with Crippen LogP contribution in [0.25, 0.3) is 0 Å². The van der Waals surface area contributed by atoms with Gasteiger partial charge in [-0.15, -0.1) is 21.5 Å². The first-order valence-electron chi connectivity index (χ1n) is 4.71. The molecule has 0 aliphatic rings. The van der Waals surface area contributed by atoms with Crippen LogP contribution in [0.4, 0.5) is 0 Å². The molecule has 0 atom stereocenters. The Hall–Kier alpha value is -0.480. The Morgan fingerprint density at radius 1 is 1.38 bits per heavy atom. The van der Waals surface area contributed by atoms with Gasteiger partial charge in [-0.25, -0.2) is 0 Å². The van der Waals surface area contributed by atoms with Gasteiger partial charge in [-0.05, 0) is 19.9 Å². The Balaban J connectivity index is 2.13. The molecule has 0 saturated heterocycles. The van der Waals surface area contributed by atoms with Crippen LogP contribution in [0.15, 0.2) is 0 Å². The third-order valence-corrected chi connectivity index (χ3v) is 2.59. The third kappa shape index (κ3) is 4.33. The van der Waals surface area contributed by atoms with Gasteiger partial charge in [0, 0.05) is 12.5 Å². The highest BCUT2D eigenvalue weighted by atomic mass is 32.1. The second-order valence-corrected chi connectivity index (χ2v) is 4.69. The molecule has 0 spiro atoms. The van der Waals surface area contributed by atoms with Crippen LogP contribution >= 0.6 is 11.3 Å². The molecule has 74 valence electrons. The van der Waals surface area contributed by atoms with Gasteiger partial charge in [0.05, 0.1) is 0 Å². The van der Waals surface area contributed by atoms with Crippen LogP contribution < -0.4 is 5.32 Å². The highest BCUT2D eigenvalue weighted by Gasteiger charge is 1.99. The van der Waals surface area contributed by atoms with Crippen LogP contribution in [0.2, 0.25) is 0 Å². The molecular weight excluding hydrogens is 182 g/mol. The van der Waals surface area contributed by atoms with Crippen molar-refractivity contribution in [3.63, 3.8) is 0 Å². The molecule has 4 heteroatoms. The number of hydrogen-bond acceptors (Lipinski definition) is 4. The van der Waals surface area contributed by atoms with Crippen LogP contribution in [0.1, 0.15) is 30.3 Å². The average Bonchev–Trinajstić information content (AvgIpc) is 2.45. The van der Waals surface area contributed by atoms with Gasteiger partial charge in [0.1, 0.15) is 10.0 Å². The van der Waals surface area contributed by atoms with Crippen molar-refractivity contribution < 1.29 is 0 Å².